The molecule has 3 rings (SSSR count). The fourth-order valence-electron chi connectivity index (χ4n) is 3.88. The average Bonchev–Trinajstić information content (AvgIpc) is 3.00. The molecule has 0 aliphatic carbocycles. The van der Waals surface area contributed by atoms with Crippen molar-refractivity contribution in [2.45, 2.75) is 37.5 Å². The molecule has 0 aromatic heterocycles. The molecule has 0 heterocycles. The summed E-state index contributed by atoms with van der Waals surface area (Å²) in [6.45, 7) is 0. The number of amidine groups is 1. The molecule has 0 saturated carbocycles. The summed E-state index contributed by atoms with van der Waals surface area (Å²) in [5.74, 6) is -7.68. The Hall–Kier alpha value is -6.26. The number of hydrogen-bond donors (Lipinski definition) is 8. The zero-order chi connectivity index (χ0) is 36.0. The topological polar surface area (TPSA) is 249 Å². The minimum atomic E-state index is -5.08. The van der Waals surface area contributed by atoms with Crippen LogP contribution in [0.5, 0.6) is 0 Å². The summed E-state index contributed by atoms with van der Waals surface area (Å²) in [6, 6.07) is 18.1. The highest BCUT2D eigenvalue weighted by Crippen LogP contribution is 2.14. The largest absolute Gasteiger partial charge is 0.490 e. The molecule has 48 heavy (non-hydrogen) atoms. The van der Waals surface area contributed by atoms with E-state index in [4.69, 9.17) is 21.0 Å². The van der Waals surface area contributed by atoms with E-state index < -0.39 is 54.4 Å². The number of halogens is 3. The van der Waals surface area contributed by atoms with E-state index in [1.165, 1.54) is 18.2 Å². The lowest BCUT2D eigenvalue weighted by atomic mass is 10.0. The van der Waals surface area contributed by atoms with Crippen molar-refractivity contribution in [3.05, 3.63) is 101 Å². The van der Waals surface area contributed by atoms with Gasteiger partial charge in [-0.05, 0) is 29.3 Å². The molecule has 0 fully saturated rings. The molecule has 14 nitrogen and oxygen atoms in total. The summed E-state index contributed by atoms with van der Waals surface area (Å²) >= 11 is 0. The standard InChI is InChI=1S/C29H29N5O7.C2HF3O2/c30-26(31)19-11-9-18(10-12-19)14-24(35)32-21-8-4-7-20(15-21)27(38)33-22(16-25(36)37)28(39)34-23(29(40)41)13-17-5-2-1-3-6-17;3-2(4,5)1(6)7/h1-12,15,22-23H,13-14,16H2,(H3,30,31)(H,32,35)(H,33,38)(H,34,39)(H,36,37)(H,40,41);(H,6,7)/t22-,23-;/m0./s1. The number of anilines is 1. The van der Waals surface area contributed by atoms with E-state index in [-0.39, 0.29) is 35.8 Å². The van der Waals surface area contributed by atoms with Crippen molar-refractivity contribution >= 4 is 47.2 Å². The van der Waals surface area contributed by atoms with Crippen molar-refractivity contribution in [2.24, 2.45) is 5.73 Å². The van der Waals surface area contributed by atoms with Crippen LogP contribution in [0.2, 0.25) is 0 Å². The summed E-state index contributed by atoms with van der Waals surface area (Å²) in [7, 11) is 0. The molecule has 0 aliphatic heterocycles. The van der Waals surface area contributed by atoms with E-state index >= 15 is 0 Å². The van der Waals surface area contributed by atoms with Crippen LogP contribution in [-0.2, 0) is 36.8 Å². The molecule has 3 aromatic carbocycles. The van der Waals surface area contributed by atoms with Gasteiger partial charge in [0.2, 0.25) is 11.8 Å². The molecule has 0 aliphatic rings. The third-order valence-electron chi connectivity index (χ3n) is 6.18. The number of carboxylic acids is 3. The number of carboxylic acid groups (broad SMARTS) is 3. The number of amides is 3. The first-order chi connectivity index (χ1) is 22.5. The van der Waals surface area contributed by atoms with Gasteiger partial charge in [-0.1, -0.05) is 60.7 Å². The van der Waals surface area contributed by atoms with Crippen LogP contribution in [0, 0.1) is 5.41 Å². The van der Waals surface area contributed by atoms with Crippen molar-refractivity contribution in [3.8, 4) is 0 Å². The fraction of sp³-hybridized carbons (Fsp3) is 0.194. The lowest BCUT2D eigenvalue weighted by Crippen LogP contribution is -2.52. The number of carbonyl (C=O) groups excluding carboxylic acids is 3. The number of nitrogens with two attached hydrogens (primary N) is 1. The Labute approximate surface area is 270 Å². The van der Waals surface area contributed by atoms with Gasteiger partial charge in [0.15, 0.2) is 0 Å². The third kappa shape index (κ3) is 13.0. The number of carbonyl (C=O) groups is 6. The molecule has 0 unspecified atom stereocenters. The second-order valence-electron chi connectivity index (χ2n) is 9.93. The Morgan fingerprint density at radius 3 is 1.90 bits per heavy atom. The first-order valence-electron chi connectivity index (χ1n) is 13.7. The van der Waals surface area contributed by atoms with Gasteiger partial charge in [0, 0.05) is 23.2 Å². The molecule has 9 N–H and O–H groups in total. The van der Waals surface area contributed by atoms with Crippen molar-refractivity contribution in [1.82, 2.24) is 10.6 Å². The Kier molecular flexibility index (Phi) is 13.8. The van der Waals surface area contributed by atoms with E-state index in [9.17, 15) is 47.4 Å². The van der Waals surface area contributed by atoms with Crippen LogP contribution in [0.3, 0.4) is 0 Å². The second kappa shape index (κ2) is 17.4. The first kappa shape index (κ1) is 37.9. The number of rotatable bonds is 13. The predicted molar refractivity (Wildman–Crippen MR) is 163 cm³/mol. The van der Waals surface area contributed by atoms with Gasteiger partial charge in [0.1, 0.15) is 17.9 Å². The molecule has 0 radical (unpaired) electrons. The molecule has 254 valence electrons. The van der Waals surface area contributed by atoms with Crippen LogP contribution >= 0.6 is 0 Å². The number of nitrogen functional groups attached to an aromatic ring is 1. The lowest BCUT2D eigenvalue weighted by molar-refractivity contribution is -0.192. The number of nitrogens with one attached hydrogen (secondary N) is 4. The van der Waals surface area contributed by atoms with Crippen LogP contribution in [0.4, 0.5) is 18.9 Å². The van der Waals surface area contributed by atoms with Gasteiger partial charge >= 0.3 is 24.1 Å². The van der Waals surface area contributed by atoms with E-state index in [2.05, 4.69) is 16.0 Å². The number of alkyl halides is 3. The number of hydrogen-bond acceptors (Lipinski definition) is 7. The maximum atomic E-state index is 12.9. The quantitative estimate of drug-likeness (QED) is 0.0970. The lowest BCUT2D eigenvalue weighted by Gasteiger charge is -2.20. The summed E-state index contributed by atoms with van der Waals surface area (Å²) in [6.07, 6.45) is -5.89. The smallest absolute Gasteiger partial charge is 0.481 e. The highest BCUT2D eigenvalue weighted by atomic mass is 19.4. The summed E-state index contributed by atoms with van der Waals surface area (Å²) < 4.78 is 31.7. The van der Waals surface area contributed by atoms with E-state index in [0.717, 1.165) is 0 Å². The third-order valence-corrected chi connectivity index (χ3v) is 6.18. The van der Waals surface area contributed by atoms with Crippen LogP contribution < -0.4 is 21.7 Å². The Morgan fingerprint density at radius 1 is 0.771 bits per heavy atom. The summed E-state index contributed by atoms with van der Waals surface area (Å²) in [4.78, 5) is 70.4. The zero-order valence-corrected chi connectivity index (χ0v) is 24.8. The van der Waals surface area contributed by atoms with Crippen LogP contribution in [0.25, 0.3) is 0 Å². The van der Waals surface area contributed by atoms with Gasteiger partial charge in [-0.15, -0.1) is 0 Å². The van der Waals surface area contributed by atoms with Gasteiger partial charge in [0.05, 0.1) is 12.8 Å². The van der Waals surface area contributed by atoms with Gasteiger partial charge in [-0.3, -0.25) is 24.6 Å². The van der Waals surface area contributed by atoms with E-state index in [0.29, 0.717) is 16.7 Å². The molecule has 0 bridgehead atoms. The van der Waals surface area contributed by atoms with Gasteiger partial charge in [-0.2, -0.15) is 13.2 Å². The van der Waals surface area contributed by atoms with Crippen molar-refractivity contribution < 1.29 is 57.3 Å². The summed E-state index contributed by atoms with van der Waals surface area (Å²) in [5, 5.41) is 40.7. The van der Waals surface area contributed by atoms with Gasteiger partial charge in [0.25, 0.3) is 5.91 Å². The Morgan fingerprint density at radius 2 is 1.38 bits per heavy atom. The number of benzene rings is 3. The van der Waals surface area contributed by atoms with Crippen LogP contribution in [0.1, 0.15) is 33.5 Å². The van der Waals surface area contributed by atoms with E-state index in [1.54, 1.807) is 60.7 Å². The molecule has 0 spiro atoms. The second-order valence-corrected chi connectivity index (χ2v) is 9.93. The molecule has 0 saturated heterocycles. The molecule has 3 amide bonds. The normalized spacial score (nSPS) is 11.8. The van der Waals surface area contributed by atoms with Crippen molar-refractivity contribution in [3.63, 3.8) is 0 Å². The van der Waals surface area contributed by atoms with Gasteiger partial charge < -0.3 is 37.0 Å². The zero-order valence-electron chi connectivity index (χ0n) is 24.8. The van der Waals surface area contributed by atoms with Crippen LogP contribution in [0.15, 0.2) is 78.9 Å². The van der Waals surface area contributed by atoms with Crippen molar-refractivity contribution in [2.75, 3.05) is 5.32 Å². The maximum absolute atomic E-state index is 12.9. The Balaban J connectivity index is 0.00000103. The average molecular weight is 674 g/mol. The van der Waals surface area contributed by atoms with E-state index in [1.807, 2.05) is 0 Å². The highest BCUT2D eigenvalue weighted by Gasteiger charge is 2.38. The maximum Gasteiger partial charge on any atom is 0.490 e. The first-order valence-corrected chi connectivity index (χ1v) is 13.7. The van der Waals surface area contributed by atoms with Gasteiger partial charge in [-0.25, -0.2) is 9.59 Å². The van der Waals surface area contributed by atoms with Crippen LogP contribution in [-0.4, -0.2) is 75.0 Å². The number of aliphatic carboxylic acids is 3. The highest BCUT2D eigenvalue weighted by molar-refractivity contribution is 6.01. The Bertz CT molecular complexity index is 1650. The SMILES string of the molecule is N=C(N)c1ccc(CC(=O)Nc2cccc(C(=O)N[C@@H](CC(=O)O)C(=O)N[C@@H](Cc3ccccc3)C(=O)O)c2)cc1.O=C(O)C(F)(F)F. The minimum absolute atomic E-state index is 0.0171. The molecular formula is C31H30F3N5O9. The summed E-state index contributed by atoms with van der Waals surface area (Å²) in [5.41, 5.74) is 7.61. The fourth-order valence-corrected chi connectivity index (χ4v) is 3.88. The predicted octanol–water partition coefficient (Wildman–Crippen LogP) is 2.17. The molecule has 3 aromatic rings. The molecule has 2 atom stereocenters. The monoisotopic (exact) mass is 673 g/mol. The van der Waals surface area contributed by atoms with Crippen molar-refractivity contribution in [1.29, 1.82) is 5.41 Å². The minimum Gasteiger partial charge on any atom is -0.481 e. The molecular weight excluding hydrogens is 643 g/mol. The molecule has 17 heteroatoms.